The average molecular weight is 415 g/mol. The van der Waals surface area contributed by atoms with Gasteiger partial charge in [0.25, 0.3) is 0 Å². The average Bonchev–Trinajstić information content (AvgIpc) is 2.72. The molecule has 2 aromatic carbocycles. The van der Waals surface area contributed by atoms with Crippen LogP contribution in [0.4, 0.5) is 18.9 Å². The number of nitrogens with zero attached hydrogens (tertiary/aromatic N) is 1. The number of anilines is 1. The van der Waals surface area contributed by atoms with Crippen LogP contribution in [0.15, 0.2) is 66.9 Å². The van der Waals surface area contributed by atoms with Crippen molar-refractivity contribution in [3.05, 3.63) is 83.7 Å². The lowest BCUT2D eigenvalue weighted by Gasteiger charge is -2.10. The number of rotatable bonds is 7. The summed E-state index contributed by atoms with van der Waals surface area (Å²) in [5.41, 5.74) is 6.45. The molecule has 0 fully saturated rings. The Morgan fingerprint density at radius 3 is 2.57 bits per heavy atom. The summed E-state index contributed by atoms with van der Waals surface area (Å²) in [6.07, 6.45) is -2.32. The molecular weight excluding hydrogens is 395 g/mol. The number of ether oxygens (including phenoxy) is 1. The second-order valence-electron chi connectivity index (χ2n) is 6.56. The molecule has 0 saturated carbocycles. The van der Waals surface area contributed by atoms with Crippen LogP contribution in [0.3, 0.4) is 0 Å². The van der Waals surface area contributed by atoms with E-state index < -0.39 is 11.7 Å². The molecule has 1 heterocycles. The molecule has 1 aromatic heterocycles. The largest absolute Gasteiger partial charge is 0.457 e. The van der Waals surface area contributed by atoms with Crippen LogP contribution in [0.2, 0.25) is 0 Å². The fourth-order valence-electron chi connectivity index (χ4n) is 2.79. The summed E-state index contributed by atoms with van der Waals surface area (Å²) >= 11 is 0. The van der Waals surface area contributed by atoms with Crippen LogP contribution in [0.1, 0.15) is 23.2 Å². The van der Waals surface area contributed by atoms with Gasteiger partial charge in [0.15, 0.2) is 0 Å². The Bertz CT molecular complexity index is 1020. The van der Waals surface area contributed by atoms with Crippen molar-refractivity contribution < 1.29 is 22.7 Å². The Morgan fingerprint density at radius 1 is 1.03 bits per heavy atom. The molecular formula is C22H20F3N3O2. The van der Waals surface area contributed by atoms with Crippen molar-refractivity contribution in [1.82, 2.24) is 4.98 Å². The van der Waals surface area contributed by atoms with Gasteiger partial charge >= 0.3 is 6.18 Å². The first kappa shape index (κ1) is 21.3. The first-order chi connectivity index (χ1) is 14.3. The van der Waals surface area contributed by atoms with E-state index in [0.29, 0.717) is 30.2 Å². The highest BCUT2D eigenvalue weighted by atomic mass is 19.4. The van der Waals surface area contributed by atoms with Crippen LogP contribution in [0.5, 0.6) is 11.5 Å². The number of aryl methyl sites for hydroxylation is 1. The molecule has 30 heavy (non-hydrogen) atoms. The third-order valence-electron chi connectivity index (χ3n) is 4.25. The Balaban J connectivity index is 1.58. The number of amides is 1. The maximum absolute atomic E-state index is 12.8. The first-order valence-corrected chi connectivity index (χ1v) is 9.22. The summed E-state index contributed by atoms with van der Waals surface area (Å²) in [4.78, 5) is 16.3. The zero-order chi connectivity index (χ0) is 21.6. The molecule has 0 spiro atoms. The smallest absolute Gasteiger partial charge is 0.416 e. The van der Waals surface area contributed by atoms with E-state index in [-0.39, 0.29) is 18.0 Å². The second-order valence-corrected chi connectivity index (χ2v) is 6.56. The monoisotopic (exact) mass is 415 g/mol. The number of pyridine rings is 1. The number of hydrogen-bond donors (Lipinski definition) is 2. The maximum atomic E-state index is 12.8. The highest BCUT2D eigenvalue weighted by Gasteiger charge is 2.30. The molecule has 3 rings (SSSR count). The fraction of sp³-hybridized carbons (Fsp3) is 0.182. The van der Waals surface area contributed by atoms with Crippen molar-refractivity contribution in [1.29, 1.82) is 0 Å². The summed E-state index contributed by atoms with van der Waals surface area (Å²) in [6.45, 7) is 0.304. The number of benzene rings is 2. The first-order valence-electron chi connectivity index (χ1n) is 9.22. The van der Waals surface area contributed by atoms with Crippen LogP contribution in [-0.4, -0.2) is 10.9 Å². The van der Waals surface area contributed by atoms with E-state index in [1.165, 1.54) is 12.1 Å². The molecule has 5 nitrogen and oxygen atoms in total. The standard InChI is InChI=1S/C22H20F3N3O2/c23-22(24,25)16-4-2-5-17(12-16)28-21(29)8-7-15-3-1-6-19(11-15)30-20-9-10-27-18(13-20)14-26/h1-6,9-13H,7-8,14,26H2,(H,28,29). The van der Waals surface area contributed by atoms with Crippen molar-refractivity contribution in [2.75, 3.05) is 5.32 Å². The highest BCUT2D eigenvalue weighted by molar-refractivity contribution is 5.90. The van der Waals surface area contributed by atoms with Crippen molar-refractivity contribution >= 4 is 11.6 Å². The summed E-state index contributed by atoms with van der Waals surface area (Å²) in [5.74, 6) is 0.826. The van der Waals surface area contributed by atoms with Gasteiger partial charge in [0, 0.05) is 30.9 Å². The summed E-state index contributed by atoms with van der Waals surface area (Å²) in [7, 11) is 0. The molecule has 0 bridgehead atoms. The minimum Gasteiger partial charge on any atom is -0.457 e. The van der Waals surface area contributed by atoms with E-state index in [1.807, 2.05) is 6.07 Å². The molecule has 156 valence electrons. The molecule has 1 amide bonds. The van der Waals surface area contributed by atoms with Gasteiger partial charge in [-0.1, -0.05) is 18.2 Å². The molecule has 0 unspecified atom stereocenters. The normalized spacial score (nSPS) is 11.2. The van der Waals surface area contributed by atoms with Gasteiger partial charge in [-0.25, -0.2) is 0 Å². The lowest BCUT2D eigenvalue weighted by Crippen LogP contribution is -2.13. The molecule has 0 saturated heterocycles. The maximum Gasteiger partial charge on any atom is 0.416 e. The number of alkyl halides is 3. The Labute approximate surface area is 171 Å². The second kappa shape index (κ2) is 9.41. The van der Waals surface area contributed by atoms with E-state index in [4.69, 9.17) is 10.5 Å². The van der Waals surface area contributed by atoms with Gasteiger partial charge < -0.3 is 15.8 Å². The molecule has 8 heteroatoms. The summed E-state index contributed by atoms with van der Waals surface area (Å²) in [6, 6.07) is 15.3. The summed E-state index contributed by atoms with van der Waals surface area (Å²) < 4.78 is 44.1. The molecule has 0 aliphatic carbocycles. The van der Waals surface area contributed by atoms with Gasteiger partial charge in [-0.05, 0) is 48.4 Å². The van der Waals surface area contributed by atoms with Gasteiger partial charge in [-0.15, -0.1) is 0 Å². The van der Waals surface area contributed by atoms with Crippen LogP contribution in [0, 0.1) is 0 Å². The lowest BCUT2D eigenvalue weighted by molar-refractivity contribution is -0.137. The Kier molecular flexibility index (Phi) is 6.68. The molecule has 3 aromatic rings. The van der Waals surface area contributed by atoms with Crippen molar-refractivity contribution in [3.8, 4) is 11.5 Å². The number of nitrogens with one attached hydrogen (secondary N) is 1. The number of aromatic nitrogens is 1. The van der Waals surface area contributed by atoms with E-state index in [9.17, 15) is 18.0 Å². The third-order valence-corrected chi connectivity index (χ3v) is 4.25. The zero-order valence-electron chi connectivity index (χ0n) is 15.9. The van der Waals surface area contributed by atoms with E-state index in [1.54, 1.807) is 36.5 Å². The van der Waals surface area contributed by atoms with Crippen LogP contribution < -0.4 is 15.8 Å². The van der Waals surface area contributed by atoms with E-state index in [2.05, 4.69) is 10.3 Å². The third kappa shape index (κ3) is 6.05. The van der Waals surface area contributed by atoms with Gasteiger partial charge in [0.05, 0.1) is 11.3 Å². The van der Waals surface area contributed by atoms with Gasteiger partial charge in [-0.2, -0.15) is 13.2 Å². The van der Waals surface area contributed by atoms with Crippen molar-refractivity contribution in [2.24, 2.45) is 5.73 Å². The van der Waals surface area contributed by atoms with Crippen molar-refractivity contribution in [2.45, 2.75) is 25.6 Å². The van der Waals surface area contributed by atoms with E-state index >= 15 is 0 Å². The fourth-order valence-corrected chi connectivity index (χ4v) is 2.79. The number of halogens is 3. The molecule has 0 radical (unpaired) electrons. The SMILES string of the molecule is NCc1cc(Oc2cccc(CCC(=O)Nc3cccc(C(F)(F)F)c3)c2)ccn1. The predicted molar refractivity (Wildman–Crippen MR) is 107 cm³/mol. The Hall–Kier alpha value is -3.39. The topological polar surface area (TPSA) is 77.2 Å². The lowest BCUT2D eigenvalue weighted by atomic mass is 10.1. The highest BCUT2D eigenvalue weighted by Crippen LogP contribution is 2.30. The number of carbonyl (C=O) groups excluding carboxylic acids is 1. The molecule has 3 N–H and O–H groups in total. The van der Waals surface area contributed by atoms with Crippen LogP contribution >= 0.6 is 0 Å². The number of carbonyl (C=O) groups is 1. The zero-order valence-corrected chi connectivity index (χ0v) is 15.9. The minimum absolute atomic E-state index is 0.111. The van der Waals surface area contributed by atoms with Crippen LogP contribution in [0.25, 0.3) is 0 Å². The molecule has 0 aliphatic rings. The minimum atomic E-state index is -4.46. The summed E-state index contributed by atoms with van der Waals surface area (Å²) in [5, 5.41) is 2.50. The van der Waals surface area contributed by atoms with Gasteiger partial charge in [0.2, 0.25) is 5.91 Å². The number of nitrogens with two attached hydrogens (primary N) is 1. The van der Waals surface area contributed by atoms with Crippen molar-refractivity contribution in [3.63, 3.8) is 0 Å². The predicted octanol–water partition coefficient (Wildman–Crippen LogP) is 4.92. The molecule has 0 atom stereocenters. The van der Waals surface area contributed by atoms with E-state index in [0.717, 1.165) is 17.7 Å². The number of hydrogen-bond acceptors (Lipinski definition) is 4. The van der Waals surface area contributed by atoms with Gasteiger partial charge in [-0.3, -0.25) is 9.78 Å². The molecule has 0 aliphatic heterocycles. The van der Waals surface area contributed by atoms with Gasteiger partial charge in [0.1, 0.15) is 11.5 Å². The quantitative estimate of drug-likeness (QED) is 0.574. The Morgan fingerprint density at radius 2 is 1.80 bits per heavy atom. The van der Waals surface area contributed by atoms with Crippen LogP contribution in [-0.2, 0) is 23.9 Å².